The Morgan fingerprint density at radius 1 is 1.07 bits per heavy atom. The third-order valence-corrected chi connectivity index (χ3v) is 7.97. The van der Waals surface area contributed by atoms with Crippen LogP contribution in [-0.4, -0.2) is 49.1 Å². The predicted molar refractivity (Wildman–Crippen MR) is 116 cm³/mol. The van der Waals surface area contributed by atoms with Crippen LogP contribution in [0, 0.1) is 0 Å². The number of carbonyl (C=O) groups is 2. The van der Waals surface area contributed by atoms with E-state index in [-0.39, 0.29) is 16.5 Å². The molecule has 1 fully saturated rings. The summed E-state index contributed by atoms with van der Waals surface area (Å²) in [7, 11) is -3.58. The molecule has 2 aliphatic heterocycles. The van der Waals surface area contributed by atoms with Gasteiger partial charge in [0.1, 0.15) is 5.70 Å². The molecule has 1 saturated heterocycles. The van der Waals surface area contributed by atoms with Gasteiger partial charge in [-0.15, -0.1) is 11.3 Å². The number of hydrogen-bond acceptors (Lipinski definition) is 6. The van der Waals surface area contributed by atoms with Gasteiger partial charge in [0.05, 0.1) is 10.5 Å². The Bertz CT molecular complexity index is 1100. The molecular weight excluding hydrogens is 422 g/mol. The Morgan fingerprint density at radius 2 is 1.83 bits per heavy atom. The first-order valence-corrected chi connectivity index (χ1v) is 12.3. The summed E-state index contributed by atoms with van der Waals surface area (Å²) in [4.78, 5) is 28.0. The number of nitrogens with zero attached hydrogens (tertiary/aromatic N) is 2. The molecule has 0 aliphatic carbocycles. The molecule has 1 N–H and O–H groups in total. The van der Waals surface area contributed by atoms with E-state index >= 15 is 0 Å². The van der Waals surface area contributed by atoms with Crippen LogP contribution in [0.1, 0.15) is 31.1 Å². The largest absolute Gasteiger partial charge is 0.350 e. The fraction of sp³-hybridized carbons (Fsp3) is 0.333. The van der Waals surface area contributed by atoms with Crippen molar-refractivity contribution >= 4 is 44.4 Å². The van der Waals surface area contributed by atoms with Gasteiger partial charge in [-0.1, -0.05) is 19.1 Å². The van der Waals surface area contributed by atoms with Gasteiger partial charge >= 0.3 is 0 Å². The summed E-state index contributed by atoms with van der Waals surface area (Å²) in [5.74, 6) is -0.717. The third kappa shape index (κ3) is 3.68. The Morgan fingerprint density at radius 3 is 2.50 bits per heavy atom. The van der Waals surface area contributed by atoms with Crippen LogP contribution < -0.4 is 5.32 Å². The normalized spacial score (nSPS) is 18.0. The first-order valence-electron chi connectivity index (χ1n) is 9.95. The van der Waals surface area contributed by atoms with Crippen LogP contribution in [0.25, 0.3) is 5.57 Å². The van der Waals surface area contributed by atoms with Gasteiger partial charge in [-0.2, -0.15) is 4.31 Å². The highest BCUT2D eigenvalue weighted by Crippen LogP contribution is 2.33. The molecule has 2 amide bonds. The molecule has 1 aromatic heterocycles. The summed E-state index contributed by atoms with van der Waals surface area (Å²) in [5, 5.41) is 4.89. The van der Waals surface area contributed by atoms with E-state index in [1.807, 2.05) is 18.4 Å². The molecule has 3 heterocycles. The summed E-state index contributed by atoms with van der Waals surface area (Å²) in [6, 6.07) is 10.0. The molecule has 0 bridgehead atoms. The highest BCUT2D eigenvalue weighted by molar-refractivity contribution is 7.89. The maximum absolute atomic E-state index is 13.0. The van der Waals surface area contributed by atoms with Crippen molar-refractivity contribution in [3.63, 3.8) is 0 Å². The summed E-state index contributed by atoms with van der Waals surface area (Å²) in [6.07, 6.45) is 2.38. The summed E-state index contributed by atoms with van der Waals surface area (Å²) >= 11 is 1.38. The first-order chi connectivity index (χ1) is 14.4. The second-order valence-corrected chi connectivity index (χ2v) is 10.1. The molecule has 7 nitrogen and oxygen atoms in total. The number of hydrogen-bond donors (Lipinski definition) is 1. The smallest absolute Gasteiger partial charge is 0.278 e. The number of rotatable bonds is 7. The van der Waals surface area contributed by atoms with Gasteiger partial charge in [0, 0.05) is 30.2 Å². The second kappa shape index (κ2) is 8.33. The molecule has 0 saturated carbocycles. The van der Waals surface area contributed by atoms with Crippen molar-refractivity contribution in [2.45, 2.75) is 31.1 Å². The van der Waals surface area contributed by atoms with E-state index in [1.165, 1.54) is 26.6 Å². The lowest BCUT2D eigenvalue weighted by Gasteiger charge is -2.17. The summed E-state index contributed by atoms with van der Waals surface area (Å²) in [5.41, 5.74) is 0.974. The maximum atomic E-state index is 13.0. The van der Waals surface area contributed by atoms with Crippen LogP contribution in [0.2, 0.25) is 0 Å². The molecule has 0 unspecified atom stereocenters. The van der Waals surface area contributed by atoms with E-state index in [2.05, 4.69) is 5.32 Å². The number of anilines is 1. The number of imide groups is 1. The van der Waals surface area contributed by atoms with Crippen LogP contribution in [-0.2, 0) is 19.6 Å². The molecule has 1 aromatic carbocycles. The minimum atomic E-state index is -3.58. The van der Waals surface area contributed by atoms with Crippen molar-refractivity contribution in [2.75, 3.05) is 25.0 Å². The molecule has 2 aromatic rings. The standard InChI is InChI=1S/C21H23N3O4S2/c1-2-10-24-20(25)18(17-9-6-13-29-17)19(21(24)26)22-15-7-5-8-16(14-15)30(27,28)23-11-3-4-12-23/h5-9,13-14,22H,2-4,10-12H2,1H3. The molecule has 4 rings (SSSR count). The Balaban J connectivity index is 1.70. The van der Waals surface area contributed by atoms with Crippen LogP contribution in [0.15, 0.2) is 52.4 Å². The lowest BCUT2D eigenvalue weighted by atomic mass is 10.2. The SMILES string of the molecule is CCCN1C(=O)C(Nc2cccc(S(=O)(=O)N3CCCC3)c2)=C(c2cccs2)C1=O. The van der Waals surface area contributed by atoms with E-state index in [1.54, 1.807) is 24.3 Å². The lowest BCUT2D eigenvalue weighted by molar-refractivity contribution is -0.136. The van der Waals surface area contributed by atoms with E-state index in [0.29, 0.717) is 42.2 Å². The molecule has 158 valence electrons. The van der Waals surface area contributed by atoms with Crippen LogP contribution in [0.3, 0.4) is 0 Å². The first kappa shape index (κ1) is 20.8. The minimum Gasteiger partial charge on any atom is -0.350 e. The van der Waals surface area contributed by atoms with E-state index in [9.17, 15) is 18.0 Å². The fourth-order valence-electron chi connectivity index (χ4n) is 3.72. The molecule has 30 heavy (non-hydrogen) atoms. The van der Waals surface area contributed by atoms with E-state index in [0.717, 1.165) is 12.8 Å². The summed E-state index contributed by atoms with van der Waals surface area (Å²) < 4.78 is 27.3. The van der Waals surface area contributed by atoms with Crippen molar-refractivity contribution in [3.8, 4) is 0 Å². The quantitative estimate of drug-likeness (QED) is 0.662. The molecular formula is C21H23N3O4S2. The van der Waals surface area contributed by atoms with Crippen LogP contribution >= 0.6 is 11.3 Å². The number of nitrogens with one attached hydrogen (secondary N) is 1. The van der Waals surface area contributed by atoms with Gasteiger partial charge in [-0.05, 0) is 48.9 Å². The minimum absolute atomic E-state index is 0.176. The van der Waals surface area contributed by atoms with Gasteiger partial charge in [-0.3, -0.25) is 14.5 Å². The van der Waals surface area contributed by atoms with Crippen LogP contribution in [0.4, 0.5) is 5.69 Å². The Kier molecular flexibility index (Phi) is 5.77. The number of benzene rings is 1. The van der Waals surface area contributed by atoms with E-state index in [4.69, 9.17) is 0 Å². The van der Waals surface area contributed by atoms with Crippen molar-refractivity contribution in [1.29, 1.82) is 0 Å². The van der Waals surface area contributed by atoms with Crippen molar-refractivity contribution < 1.29 is 18.0 Å². The van der Waals surface area contributed by atoms with Crippen molar-refractivity contribution in [1.82, 2.24) is 9.21 Å². The van der Waals surface area contributed by atoms with Gasteiger partial charge in [-0.25, -0.2) is 8.42 Å². The average molecular weight is 446 g/mol. The number of amides is 2. The average Bonchev–Trinajstić information content (AvgIpc) is 3.48. The topological polar surface area (TPSA) is 86.8 Å². The molecule has 9 heteroatoms. The van der Waals surface area contributed by atoms with Gasteiger partial charge in [0.25, 0.3) is 11.8 Å². The number of carbonyl (C=O) groups excluding carboxylic acids is 2. The third-order valence-electron chi connectivity index (χ3n) is 5.19. The van der Waals surface area contributed by atoms with Crippen molar-refractivity contribution in [2.24, 2.45) is 0 Å². The molecule has 0 radical (unpaired) electrons. The maximum Gasteiger partial charge on any atom is 0.278 e. The molecule has 0 spiro atoms. The van der Waals surface area contributed by atoms with E-state index < -0.39 is 15.9 Å². The lowest BCUT2D eigenvalue weighted by Crippen LogP contribution is -2.33. The molecule has 0 atom stereocenters. The highest BCUT2D eigenvalue weighted by Gasteiger charge is 2.39. The zero-order valence-corrected chi connectivity index (χ0v) is 18.3. The Hall–Kier alpha value is -2.49. The highest BCUT2D eigenvalue weighted by atomic mass is 32.2. The monoisotopic (exact) mass is 445 g/mol. The van der Waals surface area contributed by atoms with Gasteiger partial charge in [0.15, 0.2) is 0 Å². The zero-order chi connectivity index (χ0) is 21.3. The Labute approximate surface area is 180 Å². The van der Waals surface area contributed by atoms with Gasteiger partial charge < -0.3 is 5.32 Å². The zero-order valence-electron chi connectivity index (χ0n) is 16.6. The fourth-order valence-corrected chi connectivity index (χ4v) is 6.06. The van der Waals surface area contributed by atoms with Gasteiger partial charge in [0.2, 0.25) is 10.0 Å². The number of thiophene rings is 1. The number of sulfonamides is 1. The second-order valence-electron chi connectivity index (χ2n) is 7.25. The molecule has 2 aliphatic rings. The van der Waals surface area contributed by atoms with Crippen LogP contribution in [0.5, 0.6) is 0 Å². The summed E-state index contributed by atoms with van der Waals surface area (Å²) in [6.45, 7) is 3.28. The predicted octanol–water partition coefficient (Wildman–Crippen LogP) is 3.13. The van der Waals surface area contributed by atoms with Crippen molar-refractivity contribution in [3.05, 3.63) is 52.4 Å².